The zero-order valence-electron chi connectivity index (χ0n) is 10.3. The molecule has 18 heavy (non-hydrogen) atoms. The molecule has 0 aliphatic heterocycles. The van der Waals surface area contributed by atoms with Gasteiger partial charge in [-0.3, -0.25) is 4.79 Å². The highest BCUT2D eigenvalue weighted by Gasteiger charge is 2.16. The molecule has 0 aliphatic carbocycles. The van der Waals surface area contributed by atoms with Crippen LogP contribution in [0.2, 0.25) is 0 Å². The number of rotatable bonds is 5. The number of ether oxygens (including phenoxy) is 1. The van der Waals surface area contributed by atoms with Gasteiger partial charge in [-0.05, 0) is 62.9 Å². The van der Waals surface area contributed by atoms with Gasteiger partial charge in [0.05, 0.1) is 11.7 Å². The molecule has 0 fully saturated rings. The fourth-order valence-corrected chi connectivity index (χ4v) is 3.02. The molecule has 100 valence electrons. The van der Waals surface area contributed by atoms with Gasteiger partial charge in [0.15, 0.2) is 0 Å². The lowest BCUT2D eigenvalue weighted by Gasteiger charge is -2.14. The summed E-state index contributed by atoms with van der Waals surface area (Å²) in [5.41, 5.74) is 7.54. The zero-order valence-corrected chi connectivity index (χ0v) is 13.5. The smallest absolute Gasteiger partial charge is 0.241 e. The highest BCUT2D eigenvalue weighted by molar-refractivity contribution is 9.11. The molecule has 4 nitrogen and oxygen atoms in total. The Labute approximate surface area is 124 Å². The van der Waals surface area contributed by atoms with E-state index < -0.39 is 6.04 Å². The predicted octanol–water partition coefficient (Wildman–Crippen LogP) is 2.82. The van der Waals surface area contributed by atoms with Gasteiger partial charge in [0.1, 0.15) is 0 Å². The van der Waals surface area contributed by atoms with Gasteiger partial charge in [0, 0.05) is 22.7 Å². The molecule has 0 spiro atoms. The highest BCUT2D eigenvalue weighted by Crippen LogP contribution is 2.32. The number of benzene rings is 1. The van der Waals surface area contributed by atoms with Gasteiger partial charge in [-0.1, -0.05) is 0 Å². The molecule has 0 heterocycles. The lowest BCUT2D eigenvalue weighted by atomic mass is 10.2. The largest absolute Gasteiger partial charge is 0.385 e. The molecule has 1 amide bonds. The molecule has 0 bridgehead atoms. The molecule has 1 unspecified atom stereocenters. The lowest BCUT2D eigenvalue weighted by Crippen LogP contribution is -2.36. The molecule has 0 saturated heterocycles. The van der Waals surface area contributed by atoms with Crippen LogP contribution in [0.1, 0.15) is 12.0 Å². The van der Waals surface area contributed by atoms with Crippen LogP contribution >= 0.6 is 31.9 Å². The molecule has 1 rings (SSSR count). The van der Waals surface area contributed by atoms with E-state index in [-0.39, 0.29) is 5.91 Å². The Kier molecular flexibility index (Phi) is 6.28. The maximum atomic E-state index is 11.9. The first kappa shape index (κ1) is 15.6. The Hall–Kier alpha value is -0.430. The first-order valence-electron chi connectivity index (χ1n) is 5.46. The SMILES string of the molecule is COCCC(N)C(=O)Nc1c(Br)cc(C)cc1Br. The summed E-state index contributed by atoms with van der Waals surface area (Å²) in [7, 11) is 1.58. The van der Waals surface area contributed by atoms with E-state index in [1.54, 1.807) is 7.11 Å². The minimum absolute atomic E-state index is 0.225. The third-order valence-corrected chi connectivity index (χ3v) is 3.66. The summed E-state index contributed by atoms with van der Waals surface area (Å²) in [6, 6.07) is 3.28. The number of anilines is 1. The molecule has 0 saturated carbocycles. The van der Waals surface area contributed by atoms with Crippen LogP contribution in [0.5, 0.6) is 0 Å². The van der Waals surface area contributed by atoms with E-state index >= 15 is 0 Å². The minimum Gasteiger partial charge on any atom is -0.385 e. The minimum atomic E-state index is -0.579. The van der Waals surface area contributed by atoms with E-state index in [0.29, 0.717) is 18.7 Å². The number of carbonyl (C=O) groups is 1. The van der Waals surface area contributed by atoms with Crippen molar-refractivity contribution in [3.8, 4) is 0 Å². The van der Waals surface area contributed by atoms with Crippen LogP contribution in [0.25, 0.3) is 0 Å². The van der Waals surface area contributed by atoms with Gasteiger partial charge in [0.2, 0.25) is 5.91 Å². The van der Waals surface area contributed by atoms with E-state index in [4.69, 9.17) is 10.5 Å². The number of hydrogen-bond acceptors (Lipinski definition) is 3. The van der Waals surface area contributed by atoms with Crippen LogP contribution in [0.4, 0.5) is 5.69 Å². The summed E-state index contributed by atoms with van der Waals surface area (Å²) in [6.45, 7) is 2.44. The maximum Gasteiger partial charge on any atom is 0.241 e. The molecular weight excluding hydrogens is 364 g/mol. The number of nitrogens with one attached hydrogen (secondary N) is 1. The van der Waals surface area contributed by atoms with Crippen molar-refractivity contribution in [3.63, 3.8) is 0 Å². The van der Waals surface area contributed by atoms with Gasteiger partial charge >= 0.3 is 0 Å². The second-order valence-electron chi connectivity index (χ2n) is 3.98. The molecule has 1 aromatic rings. The van der Waals surface area contributed by atoms with Gasteiger partial charge in [-0.2, -0.15) is 0 Å². The van der Waals surface area contributed by atoms with Crippen molar-refractivity contribution in [2.24, 2.45) is 5.73 Å². The summed E-state index contributed by atoms with van der Waals surface area (Å²) in [5.74, 6) is -0.225. The second kappa shape index (κ2) is 7.23. The van der Waals surface area contributed by atoms with E-state index in [9.17, 15) is 4.79 Å². The molecule has 0 aromatic heterocycles. The summed E-state index contributed by atoms with van der Waals surface area (Å²) in [4.78, 5) is 11.9. The first-order valence-corrected chi connectivity index (χ1v) is 7.05. The van der Waals surface area contributed by atoms with Crippen LogP contribution in [-0.2, 0) is 9.53 Å². The van der Waals surface area contributed by atoms with Crippen molar-refractivity contribution < 1.29 is 9.53 Å². The molecule has 6 heteroatoms. The maximum absolute atomic E-state index is 11.9. The normalized spacial score (nSPS) is 12.3. The molecule has 1 aromatic carbocycles. The van der Waals surface area contributed by atoms with Gasteiger partial charge < -0.3 is 15.8 Å². The van der Waals surface area contributed by atoms with Gasteiger partial charge in [-0.15, -0.1) is 0 Å². The molecule has 0 aliphatic rings. The van der Waals surface area contributed by atoms with E-state index in [0.717, 1.165) is 14.5 Å². The van der Waals surface area contributed by atoms with Crippen molar-refractivity contribution >= 4 is 43.5 Å². The average molecular weight is 380 g/mol. The summed E-state index contributed by atoms with van der Waals surface area (Å²) < 4.78 is 6.54. The van der Waals surface area contributed by atoms with Crippen LogP contribution in [0.3, 0.4) is 0 Å². The van der Waals surface area contributed by atoms with Crippen molar-refractivity contribution in [1.82, 2.24) is 0 Å². The molecule has 0 radical (unpaired) electrons. The number of carbonyl (C=O) groups excluding carboxylic acids is 1. The summed E-state index contributed by atoms with van der Waals surface area (Å²) >= 11 is 6.84. The van der Waals surface area contributed by atoms with Crippen molar-refractivity contribution in [2.75, 3.05) is 19.0 Å². The average Bonchev–Trinajstić information content (AvgIpc) is 2.30. The van der Waals surface area contributed by atoms with Crippen LogP contribution in [0, 0.1) is 6.92 Å². The number of nitrogens with two attached hydrogens (primary N) is 1. The summed E-state index contributed by atoms with van der Waals surface area (Å²) in [5, 5.41) is 2.80. The molecule has 3 N–H and O–H groups in total. The number of halogens is 2. The van der Waals surface area contributed by atoms with Crippen LogP contribution in [0.15, 0.2) is 21.1 Å². The second-order valence-corrected chi connectivity index (χ2v) is 5.69. The Bertz CT molecular complexity index is 415. The number of amides is 1. The Morgan fingerprint density at radius 3 is 2.50 bits per heavy atom. The van der Waals surface area contributed by atoms with E-state index in [2.05, 4.69) is 37.2 Å². The highest BCUT2D eigenvalue weighted by atomic mass is 79.9. The Balaban J connectivity index is 2.76. The zero-order chi connectivity index (χ0) is 13.7. The molecular formula is C12H16Br2N2O2. The fourth-order valence-electron chi connectivity index (χ4n) is 1.41. The van der Waals surface area contributed by atoms with Crippen molar-refractivity contribution in [1.29, 1.82) is 0 Å². The topological polar surface area (TPSA) is 64.3 Å². The number of aryl methyl sites for hydroxylation is 1. The third-order valence-electron chi connectivity index (χ3n) is 2.40. The van der Waals surface area contributed by atoms with Crippen LogP contribution < -0.4 is 11.1 Å². The number of hydrogen-bond donors (Lipinski definition) is 2. The fraction of sp³-hybridized carbons (Fsp3) is 0.417. The lowest BCUT2D eigenvalue weighted by molar-refractivity contribution is -0.117. The predicted molar refractivity (Wildman–Crippen MR) is 79.7 cm³/mol. The Morgan fingerprint density at radius 1 is 1.44 bits per heavy atom. The van der Waals surface area contributed by atoms with E-state index in [1.807, 2.05) is 19.1 Å². The third kappa shape index (κ3) is 4.35. The summed E-state index contributed by atoms with van der Waals surface area (Å²) in [6.07, 6.45) is 0.490. The standard InChI is InChI=1S/C12H16Br2N2O2/c1-7-5-8(13)11(9(14)6-7)16-12(17)10(15)3-4-18-2/h5-6,10H,3-4,15H2,1-2H3,(H,16,17). The first-order chi connectivity index (χ1) is 8.45. The Morgan fingerprint density at radius 2 is 2.00 bits per heavy atom. The number of methoxy groups -OCH3 is 1. The monoisotopic (exact) mass is 378 g/mol. The van der Waals surface area contributed by atoms with Crippen LogP contribution in [-0.4, -0.2) is 25.7 Å². The molecule has 1 atom stereocenters. The van der Waals surface area contributed by atoms with Gasteiger partial charge in [-0.25, -0.2) is 0 Å². The van der Waals surface area contributed by atoms with E-state index in [1.165, 1.54) is 0 Å². The van der Waals surface area contributed by atoms with Crippen molar-refractivity contribution in [3.05, 3.63) is 26.6 Å². The quantitative estimate of drug-likeness (QED) is 0.826. The van der Waals surface area contributed by atoms with Crippen molar-refractivity contribution in [2.45, 2.75) is 19.4 Å². The van der Waals surface area contributed by atoms with Gasteiger partial charge in [0.25, 0.3) is 0 Å².